The van der Waals surface area contributed by atoms with Gasteiger partial charge in [-0.1, -0.05) is 42.5 Å². The lowest BCUT2D eigenvalue weighted by molar-refractivity contribution is -0.115. The van der Waals surface area contributed by atoms with Crippen molar-refractivity contribution in [2.24, 2.45) is 4.99 Å². The first-order chi connectivity index (χ1) is 18.5. The molecule has 4 aromatic carbocycles. The minimum atomic E-state index is -0.188. The zero-order valence-electron chi connectivity index (χ0n) is 20.9. The largest absolute Gasteiger partial charge is 0.497 e. The summed E-state index contributed by atoms with van der Waals surface area (Å²) in [4.78, 5) is 17.7. The molecule has 1 aliphatic heterocycles. The van der Waals surface area contributed by atoms with Crippen molar-refractivity contribution in [3.05, 3.63) is 98.5 Å². The summed E-state index contributed by atoms with van der Waals surface area (Å²) in [6.07, 6.45) is 1.84. The first kappa shape index (κ1) is 26.1. The van der Waals surface area contributed by atoms with E-state index in [1.54, 1.807) is 7.11 Å². The van der Waals surface area contributed by atoms with Gasteiger partial charge < -0.3 is 19.5 Å². The van der Waals surface area contributed by atoms with Gasteiger partial charge >= 0.3 is 0 Å². The second-order valence-electron chi connectivity index (χ2n) is 8.37. The third kappa shape index (κ3) is 5.97. The van der Waals surface area contributed by atoms with E-state index in [1.807, 2.05) is 67.6 Å². The maximum absolute atomic E-state index is 12.6. The Labute approximate surface area is 239 Å². The molecular formula is C30H25IN2O4S. The molecule has 0 bridgehead atoms. The molecule has 0 saturated carbocycles. The van der Waals surface area contributed by atoms with Gasteiger partial charge in [0.15, 0.2) is 16.7 Å². The second kappa shape index (κ2) is 11.9. The van der Waals surface area contributed by atoms with Gasteiger partial charge in [0, 0.05) is 0 Å². The predicted molar refractivity (Wildman–Crippen MR) is 162 cm³/mol. The Morgan fingerprint density at radius 3 is 2.58 bits per heavy atom. The fourth-order valence-corrected chi connectivity index (χ4v) is 5.67. The predicted octanol–water partition coefficient (Wildman–Crippen LogP) is 7.32. The highest BCUT2D eigenvalue weighted by molar-refractivity contribution is 14.1. The summed E-state index contributed by atoms with van der Waals surface area (Å²) >= 11 is 3.55. The Bertz CT molecular complexity index is 1540. The van der Waals surface area contributed by atoms with Crippen LogP contribution in [0.1, 0.15) is 18.1 Å². The van der Waals surface area contributed by atoms with Crippen LogP contribution in [-0.4, -0.2) is 24.8 Å². The number of nitrogens with zero attached hydrogens (tertiary/aromatic N) is 1. The van der Waals surface area contributed by atoms with Gasteiger partial charge in [-0.05, 0) is 106 Å². The van der Waals surface area contributed by atoms with Gasteiger partial charge in [-0.3, -0.25) is 4.79 Å². The number of halogens is 1. The second-order valence-corrected chi connectivity index (χ2v) is 10.6. The minimum Gasteiger partial charge on any atom is -0.497 e. The summed E-state index contributed by atoms with van der Waals surface area (Å²) in [5.41, 5.74) is 2.68. The Kier molecular flexibility index (Phi) is 8.19. The van der Waals surface area contributed by atoms with E-state index in [0.717, 1.165) is 26.1 Å². The van der Waals surface area contributed by atoms with Gasteiger partial charge in [0.25, 0.3) is 5.91 Å². The quantitative estimate of drug-likeness (QED) is 0.162. The zero-order valence-corrected chi connectivity index (χ0v) is 23.8. The zero-order chi connectivity index (χ0) is 26.5. The molecule has 4 aromatic rings. The minimum absolute atomic E-state index is 0.188. The van der Waals surface area contributed by atoms with E-state index in [9.17, 15) is 4.79 Å². The highest BCUT2D eigenvalue weighted by Crippen LogP contribution is 2.37. The highest BCUT2D eigenvalue weighted by atomic mass is 127. The number of fused-ring (bicyclic) bond motifs is 1. The molecule has 38 heavy (non-hydrogen) atoms. The Balaban J connectivity index is 1.37. The normalized spacial score (nSPS) is 15.2. The number of hydrogen-bond acceptors (Lipinski definition) is 6. The summed E-state index contributed by atoms with van der Waals surface area (Å²) in [6.45, 7) is 2.85. The van der Waals surface area contributed by atoms with Gasteiger partial charge in [-0.2, -0.15) is 0 Å². The molecule has 0 unspecified atom stereocenters. The topological polar surface area (TPSA) is 69.2 Å². The molecule has 1 aliphatic rings. The van der Waals surface area contributed by atoms with Crippen molar-refractivity contribution < 1.29 is 19.0 Å². The molecule has 0 radical (unpaired) electrons. The highest BCUT2D eigenvalue weighted by Gasteiger charge is 2.24. The van der Waals surface area contributed by atoms with E-state index in [0.29, 0.717) is 34.8 Å². The SMILES string of the molecule is CCOc1cc(/C=C2\SC(=Nc3ccc(OC)cc3)NC2=O)cc(I)c1OCc1cccc2ccccc12. The molecule has 8 heteroatoms. The van der Waals surface area contributed by atoms with E-state index in [-0.39, 0.29) is 5.91 Å². The number of ether oxygens (including phenoxy) is 3. The van der Waals surface area contributed by atoms with Crippen molar-refractivity contribution in [3.63, 3.8) is 0 Å². The molecule has 0 atom stereocenters. The Morgan fingerprint density at radius 2 is 1.79 bits per heavy atom. The van der Waals surface area contributed by atoms with Gasteiger partial charge in [0.1, 0.15) is 12.4 Å². The molecular weight excluding hydrogens is 611 g/mol. The number of benzene rings is 4. The molecule has 5 rings (SSSR count). The van der Waals surface area contributed by atoms with Crippen molar-refractivity contribution in [3.8, 4) is 17.2 Å². The van der Waals surface area contributed by atoms with Gasteiger partial charge in [-0.15, -0.1) is 0 Å². The van der Waals surface area contributed by atoms with Crippen molar-refractivity contribution in [1.29, 1.82) is 0 Å². The lowest BCUT2D eigenvalue weighted by atomic mass is 10.1. The third-order valence-corrected chi connectivity index (χ3v) is 7.55. The number of thioether (sulfide) groups is 1. The van der Waals surface area contributed by atoms with Crippen LogP contribution in [0.15, 0.2) is 88.8 Å². The summed E-state index contributed by atoms with van der Waals surface area (Å²) in [5.74, 6) is 1.89. The van der Waals surface area contributed by atoms with Crippen molar-refractivity contribution in [2.45, 2.75) is 13.5 Å². The molecule has 6 nitrogen and oxygen atoms in total. The Morgan fingerprint density at radius 1 is 1.00 bits per heavy atom. The lowest BCUT2D eigenvalue weighted by Gasteiger charge is -2.16. The van der Waals surface area contributed by atoms with Crippen LogP contribution in [0, 0.1) is 3.57 Å². The summed E-state index contributed by atoms with van der Waals surface area (Å²) in [5, 5.41) is 5.71. The van der Waals surface area contributed by atoms with Crippen LogP contribution < -0.4 is 19.5 Å². The molecule has 192 valence electrons. The fraction of sp³-hybridized carbons (Fsp3) is 0.133. The molecule has 0 aliphatic carbocycles. The number of methoxy groups -OCH3 is 1. The first-order valence-electron chi connectivity index (χ1n) is 12.0. The van der Waals surface area contributed by atoms with E-state index >= 15 is 0 Å². The number of nitrogens with one attached hydrogen (secondary N) is 1. The number of rotatable bonds is 8. The number of carbonyl (C=O) groups excluding carboxylic acids is 1. The van der Waals surface area contributed by atoms with Crippen LogP contribution in [0.25, 0.3) is 16.8 Å². The van der Waals surface area contributed by atoms with Crippen LogP contribution >= 0.6 is 34.4 Å². The molecule has 1 saturated heterocycles. The number of hydrogen-bond donors (Lipinski definition) is 1. The van der Waals surface area contributed by atoms with E-state index in [1.165, 1.54) is 22.5 Å². The van der Waals surface area contributed by atoms with Crippen LogP contribution in [0.4, 0.5) is 5.69 Å². The molecule has 1 N–H and O–H groups in total. The van der Waals surface area contributed by atoms with Crippen LogP contribution in [0.5, 0.6) is 17.2 Å². The number of amides is 1. The molecule has 1 heterocycles. The standard InChI is InChI=1S/C30H25IN2O4S/c1-3-36-26-16-19(17-27-29(34)33-30(38-27)32-22-11-13-23(35-2)14-12-22)15-25(31)28(26)37-18-21-9-6-8-20-7-4-5-10-24(20)21/h4-17H,3,18H2,1-2H3,(H,32,33,34)/b27-17-. The van der Waals surface area contributed by atoms with E-state index < -0.39 is 0 Å². The maximum atomic E-state index is 12.6. The smallest absolute Gasteiger partial charge is 0.264 e. The van der Waals surface area contributed by atoms with Crippen molar-refractivity contribution in [1.82, 2.24) is 5.32 Å². The van der Waals surface area contributed by atoms with E-state index in [4.69, 9.17) is 14.2 Å². The van der Waals surface area contributed by atoms with Gasteiger partial charge in [0.2, 0.25) is 0 Å². The van der Waals surface area contributed by atoms with E-state index in [2.05, 4.69) is 57.2 Å². The average molecular weight is 637 g/mol. The van der Waals surface area contributed by atoms with Crippen LogP contribution in [-0.2, 0) is 11.4 Å². The van der Waals surface area contributed by atoms with Gasteiger partial charge in [-0.25, -0.2) is 4.99 Å². The molecule has 0 aromatic heterocycles. The fourth-order valence-electron chi connectivity index (χ4n) is 4.05. The molecule has 0 spiro atoms. The number of amidine groups is 1. The third-order valence-electron chi connectivity index (χ3n) is 5.84. The number of carbonyl (C=O) groups is 1. The lowest BCUT2D eigenvalue weighted by Crippen LogP contribution is -2.19. The van der Waals surface area contributed by atoms with Crippen LogP contribution in [0.3, 0.4) is 0 Å². The van der Waals surface area contributed by atoms with Crippen molar-refractivity contribution >= 4 is 68.0 Å². The number of aliphatic imine (C=N–C) groups is 1. The summed E-state index contributed by atoms with van der Waals surface area (Å²) in [6, 6.07) is 25.7. The van der Waals surface area contributed by atoms with Crippen molar-refractivity contribution in [2.75, 3.05) is 13.7 Å². The summed E-state index contributed by atoms with van der Waals surface area (Å²) < 4.78 is 18.3. The first-order valence-corrected chi connectivity index (χ1v) is 13.9. The Hall–Kier alpha value is -3.50. The monoisotopic (exact) mass is 636 g/mol. The molecule has 1 fully saturated rings. The average Bonchev–Trinajstić information content (AvgIpc) is 3.26. The molecule has 1 amide bonds. The summed E-state index contributed by atoms with van der Waals surface area (Å²) in [7, 11) is 1.62. The maximum Gasteiger partial charge on any atom is 0.264 e. The van der Waals surface area contributed by atoms with Gasteiger partial charge in [0.05, 0.1) is 27.9 Å². The van der Waals surface area contributed by atoms with Crippen LogP contribution in [0.2, 0.25) is 0 Å².